The van der Waals surface area contributed by atoms with Crippen LogP contribution in [-0.4, -0.2) is 4.92 Å². The van der Waals surface area contributed by atoms with Gasteiger partial charge in [0.25, 0.3) is 5.69 Å². The Morgan fingerprint density at radius 1 is 1.15 bits per heavy atom. The third kappa shape index (κ3) is 3.03. The highest BCUT2D eigenvalue weighted by Gasteiger charge is 2.17. The molecular formula is C14H12Cl2N2O2. The van der Waals surface area contributed by atoms with Crippen LogP contribution in [0.2, 0.25) is 10.0 Å². The van der Waals surface area contributed by atoms with E-state index in [1.165, 1.54) is 6.07 Å². The number of halogens is 2. The average molecular weight is 311 g/mol. The van der Waals surface area contributed by atoms with Gasteiger partial charge in [-0.05, 0) is 24.6 Å². The van der Waals surface area contributed by atoms with E-state index in [0.717, 1.165) is 5.56 Å². The molecule has 0 amide bonds. The maximum Gasteiger partial charge on any atom is 0.292 e. The number of hydrogen-bond acceptors (Lipinski definition) is 3. The first-order valence-electron chi connectivity index (χ1n) is 5.94. The highest BCUT2D eigenvalue weighted by atomic mass is 35.5. The SMILES string of the molecule is CC(Nc1ccccc1[N+](=O)[O-])c1cccc(Cl)c1Cl. The van der Waals surface area contributed by atoms with Gasteiger partial charge in [-0.3, -0.25) is 10.1 Å². The van der Waals surface area contributed by atoms with Crippen molar-refractivity contribution in [2.45, 2.75) is 13.0 Å². The number of anilines is 1. The minimum atomic E-state index is -0.422. The topological polar surface area (TPSA) is 55.2 Å². The van der Waals surface area contributed by atoms with Crippen molar-refractivity contribution in [2.24, 2.45) is 0 Å². The Kier molecular flexibility index (Phi) is 4.47. The predicted octanol–water partition coefficient (Wildman–Crippen LogP) is 5.07. The van der Waals surface area contributed by atoms with Crippen LogP contribution in [0, 0.1) is 10.1 Å². The molecule has 104 valence electrons. The molecule has 0 saturated carbocycles. The highest BCUT2D eigenvalue weighted by molar-refractivity contribution is 6.42. The van der Waals surface area contributed by atoms with Crippen LogP contribution in [0.5, 0.6) is 0 Å². The molecule has 0 bridgehead atoms. The van der Waals surface area contributed by atoms with Gasteiger partial charge < -0.3 is 5.32 Å². The van der Waals surface area contributed by atoms with E-state index in [1.807, 2.05) is 13.0 Å². The number of benzene rings is 2. The van der Waals surface area contributed by atoms with E-state index in [9.17, 15) is 10.1 Å². The summed E-state index contributed by atoms with van der Waals surface area (Å²) in [6, 6.07) is 11.6. The van der Waals surface area contributed by atoms with Crippen molar-refractivity contribution in [3.05, 3.63) is 68.2 Å². The van der Waals surface area contributed by atoms with Crippen LogP contribution >= 0.6 is 23.2 Å². The molecule has 0 aliphatic rings. The third-order valence-electron chi connectivity index (χ3n) is 2.92. The minimum Gasteiger partial charge on any atom is -0.373 e. The van der Waals surface area contributed by atoms with E-state index in [-0.39, 0.29) is 11.7 Å². The van der Waals surface area contributed by atoms with Gasteiger partial charge in [0.1, 0.15) is 5.69 Å². The van der Waals surface area contributed by atoms with E-state index in [0.29, 0.717) is 15.7 Å². The fourth-order valence-electron chi connectivity index (χ4n) is 1.92. The molecule has 4 nitrogen and oxygen atoms in total. The number of nitro groups is 1. The van der Waals surface area contributed by atoms with Gasteiger partial charge in [0, 0.05) is 6.07 Å². The Hall–Kier alpha value is -1.78. The summed E-state index contributed by atoms with van der Waals surface area (Å²) < 4.78 is 0. The molecule has 2 aromatic carbocycles. The van der Waals surface area contributed by atoms with E-state index in [2.05, 4.69) is 5.32 Å². The summed E-state index contributed by atoms with van der Waals surface area (Å²) in [5.74, 6) is 0. The normalized spacial score (nSPS) is 11.9. The molecule has 0 aliphatic carbocycles. The van der Waals surface area contributed by atoms with Gasteiger partial charge in [-0.15, -0.1) is 0 Å². The fraction of sp³-hybridized carbons (Fsp3) is 0.143. The second-order valence-electron chi connectivity index (χ2n) is 4.28. The van der Waals surface area contributed by atoms with Gasteiger partial charge in [0.05, 0.1) is 21.0 Å². The Bertz CT molecular complexity index is 647. The Morgan fingerprint density at radius 3 is 2.55 bits per heavy atom. The van der Waals surface area contributed by atoms with Crippen LogP contribution in [0.3, 0.4) is 0 Å². The third-order valence-corrected chi connectivity index (χ3v) is 3.75. The summed E-state index contributed by atoms with van der Waals surface area (Å²) in [4.78, 5) is 10.6. The van der Waals surface area contributed by atoms with Crippen molar-refractivity contribution in [1.82, 2.24) is 0 Å². The number of nitro benzene ring substituents is 1. The van der Waals surface area contributed by atoms with E-state index < -0.39 is 4.92 Å². The lowest BCUT2D eigenvalue weighted by atomic mass is 10.1. The zero-order valence-electron chi connectivity index (χ0n) is 10.6. The molecule has 2 aromatic rings. The maximum atomic E-state index is 11.0. The molecule has 0 heterocycles. The molecule has 0 saturated heterocycles. The number of nitrogens with one attached hydrogen (secondary N) is 1. The van der Waals surface area contributed by atoms with E-state index >= 15 is 0 Å². The Morgan fingerprint density at radius 2 is 1.85 bits per heavy atom. The molecule has 0 spiro atoms. The molecule has 0 aliphatic heterocycles. The van der Waals surface area contributed by atoms with Gasteiger partial charge in [-0.2, -0.15) is 0 Å². The Labute approximate surface area is 126 Å². The molecule has 20 heavy (non-hydrogen) atoms. The second-order valence-corrected chi connectivity index (χ2v) is 5.07. The summed E-state index contributed by atoms with van der Waals surface area (Å²) >= 11 is 12.1. The van der Waals surface area contributed by atoms with Crippen molar-refractivity contribution >= 4 is 34.6 Å². The molecule has 0 fully saturated rings. The number of hydrogen-bond donors (Lipinski definition) is 1. The first-order chi connectivity index (χ1) is 9.50. The van der Waals surface area contributed by atoms with Gasteiger partial charge in [-0.25, -0.2) is 0 Å². The average Bonchev–Trinajstić information content (AvgIpc) is 2.42. The van der Waals surface area contributed by atoms with Crippen LogP contribution in [0.1, 0.15) is 18.5 Å². The number of nitrogens with zero attached hydrogens (tertiary/aromatic N) is 1. The van der Waals surface area contributed by atoms with Gasteiger partial charge in [0.15, 0.2) is 0 Å². The van der Waals surface area contributed by atoms with Crippen molar-refractivity contribution in [3.63, 3.8) is 0 Å². The van der Waals surface area contributed by atoms with Gasteiger partial charge >= 0.3 is 0 Å². The zero-order valence-corrected chi connectivity index (χ0v) is 12.2. The number of rotatable bonds is 4. The summed E-state index contributed by atoms with van der Waals surface area (Å²) in [6.07, 6.45) is 0. The largest absolute Gasteiger partial charge is 0.373 e. The van der Waals surface area contributed by atoms with Crippen molar-refractivity contribution < 1.29 is 4.92 Å². The molecule has 1 N–H and O–H groups in total. The molecule has 2 rings (SSSR count). The molecule has 6 heteroatoms. The summed E-state index contributed by atoms with van der Waals surface area (Å²) in [5, 5.41) is 15.0. The van der Waals surface area contributed by atoms with Crippen LogP contribution < -0.4 is 5.32 Å². The van der Waals surface area contributed by atoms with Crippen LogP contribution in [0.4, 0.5) is 11.4 Å². The molecule has 0 radical (unpaired) electrons. The first kappa shape index (κ1) is 14.6. The number of para-hydroxylation sites is 2. The minimum absolute atomic E-state index is 0.0255. The Balaban J connectivity index is 2.30. The maximum absolute atomic E-state index is 11.0. The first-order valence-corrected chi connectivity index (χ1v) is 6.70. The van der Waals surface area contributed by atoms with Crippen molar-refractivity contribution in [1.29, 1.82) is 0 Å². The summed E-state index contributed by atoms with van der Waals surface area (Å²) in [6.45, 7) is 1.87. The quantitative estimate of drug-likeness (QED) is 0.633. The predicted molar refractivity (Wildman–Crippen MR) is 81.6 cm³/mol. The lowest BCUT2D eigenvalue weighted by molar-refractivity contribution is -0.384. The monoisotopic (exact) mass is 310 g/mol. The summed E-state index contributed by atoms with van der Waals surface area (Å²) in [7, 11) is 0. The van der Waals surface area contributed by atoms with Crippen molar-refractivity contribution in [3.8, 4) is 0 Å². The van der Waals surface area contributed by atoms with Crippen molar-refractivity contribution in [2.75, 3.05) is 5.32 Å². The molecule has 1 unspecified atom stereocenters. The molecule has 1 atom stereocenters. The van der Waals surface area contributed by atoms with E-state index in [4.69, 9.17) is 23.2 Å². The second kappa shape index (κ2) is 6.11. The van der Waals surface area contributed by atoms with Gasteiger partial charge in [0.2, 0.25) is 0 Å². The zero-order chi connectivity index (χ0) is 14.7. The summed E-state index contributed by atoms with van der Waals surface area (Å²) in [5.41, 5.74) is 1.26. The van der Waals surface area contributed by atoms with Gasteiger partial charge in [-0.1, -0.05) is 47.5 Å². The lowest BCUT2D eigenvalue weighted by Crippen LogP contribution is -2.09. The highest BCUT2D eigenvalue weighted by Crippen LogP contribution is 2.33. The smallest absolute Gasteiger partial charge is 0.292 e. The van der Waals surface area contributed by atoms with E-state index in [1.54, 1.807) is 30.3 Å². The standard InChI is InChI=1S/C14H12Cl2N2O2/c1-9(10-5-4-6-11(15)14(10)16)17-12-7-2-3-8-13(12)18(19)20/h2-9,17H,1H3. The lowest BCUT2D eigenvalue weighted by Gasteiger charge is -2.17. The van der Waals surface area contributed by atoms with Crippen LogP contribution in [-0.2, 0) is 0 Å². The van der Waals surface area contributed by atoms with Crippen LogP contribution in [0.15, 0.2) is 42.5 Å². The fourth-order valence-corrected chi connectivity index (χ4v) is 2.39. The molecule has 0 aromatic heterocycles. The molecular weight excluding hydrogens is 299 g/mol. The van der Waals surface area contributed by atoms with Crippen LogP contribution in [0.25, 0.3) is 0 Å².